The molecule has 0 radical (unpaired) electrons. The number of hydrogen-bond acceptors (Lipinski definition) is 4. The highest BCUT2D eigenvalue weighted by atomic mass is 32.1. The Labute approximate surface area is 378 Å². The summed E-state index contributed by atoms with van der Waals surface area (Å²) in [6.45, 7) is 17.8. The molecule has 0 saturated heterocycles. The van der Waals surface area contributed by atoms with Gasteiger partial charge in [-0.25, -0.2) is 0 Å². The lowest BCUT2D eigenvalue weighted by molar-refractivity contribution is 0.648. The van der Waals surface area contributed by atoms with Crippen molar-refractivity contribution in [2.24, 2.45) is 0 Å². The molecule has 0 unspecified atom stereocenters. The van der Waals surface area contributed by atoms with E-state index in [9.17, 15) is 0 Å². The van der Waals surface area contributed by atoms with E-state index in [0.29, 0.717) is 0 Å². The Morgan fingerprint density at radius 1 is 0.438 bits per heavy atom. The third-order valence-electron chi connectivity index (χ3n) is 14.8. The minimum Gasteiger partial charge on any atom is -0.455 e. The summed E-state index contributed by atoms with van der Waals surface area (Å²) in [6.07, 6.45) is 3.90. The molecular formula is C60H40O2S2. The Bertz CT molecular complexity index is 4120. The maximum absolute atomic E-state index is 7.06. The van der Waals surface area contributed by atoms with Crippen molar-refractivity contribution >= 4 is 109 Å². The summed E-state index contributed by atoms with van der Waals surface area (Å²) in [6, 6.07) is 49.7. The second-order valence-electron chi connectivity index (χ2n) is 18.8. The van der Waals surface area contributed by atoms with Crippen LogP contribution in [-0.4, -0.2) is 0 Å². The molecule has 304 valence electrons. The summed E-state index contributed by atoms with van der Waals surface area (Å²) in [5.41, 5.74) is 19.2. The van der Waals surface area contributed by atoms with Crippen LogP contribution in [-0.2, 0) is 10.8 Å². The molecule has 4 aromatic heterocycles. The predicted octanol–water partition coefficient (Wildman–Crippen LogP) is 18.3. The SMILES string of the molecule is C=Cc1sc2cc(-c3cc4c(c5oc6ccccc6c35)-c3cc5c(cc3C4(C)C)-c3c(cc(-c4ccc6c(c4)sc4ccccc46)c4c3oc3ccccc34)C5(C)C)ccc2c1C=C. The highest BCUT2D eigenvalue weighted by Gasteiger charge is 2.45. The van der Waals surface area contributed by atoms with Crippen molar-refractivity contribution in [3.05, 3.63) is 179 Å². The number of hydrogen-bond donors (Lipinski definition) is 0. The first-order valence-corrected chi connectivity index (χ1v) is 23.7. The summed E-state index contributed by atoms with van der Waals surface area (Å²) in [5.74, 6) is 0. The topological polar surface area (TPSA) is 26.3 Å². The number of rotatable bonds is 4. The minimum absolute atomic E-state index is 0.312. The number of thiophene rings is 2. The van der Waals surface area contributed by atoms with Crippen LogP contribution in [0.1, 0.15) is 60.4 Å². The molecule has 0 atom stereocenters. The van der Waals surface area contributed by atoms with Gasteiger partial charge in [-0.3, -0.25) is 0 Å². The lowest BCUT2D eigenvalue weighted by Crippen LogP contribution is -2.17. The highest BCUT2D eigenvalue weighted by molar-refractivity contribution is 7.25. The third-order valence-corrected chi connectivity index (χ3v) is 17.1. The molecule has 4 heterocycles. The van der Waals surface area contributed by atoms with Crippen LogP contribution in [0.4, 0.5) is 0 Å². The van der Waals surface area contributed by atoms with E-state index in [0.717, 1.165) is 48.9 Å². The molecule has 12 aromatic rings. The number of fused-ring (bicyclic) bond motifs is 18. The number of furan rings is 2. The normalized spacial score (nSPS) is 14.6. The molecule has 4 heteroatoms. The Balaban J connectivity index is 1.02. The van der Waals surface area contributed by atoms with Gasteiger partial charge in [-0.2, -0.15) is 0 Å². The molecule has 14 rings (SSSR count). The second kappa shape index (κ2) is 12.4. The van der Waals surface area contributed by atoms with Crippen LogP contribution in [0.5, 0.6) is 0 Å². The average Bonchev–Trinajstić information content (AvgIpc) is 4.14. The van der Waals surface area contributed by atoms with Gasteiger partial charge in [-0.05, 0) is 116 Å². The smallest absolute Gasteiger partial charge is 0.144 e. The third kappa shape index (κ3) is 4.54. The van der Waals surface area contributed by atoms with Crippen LogP contribution in [0.3, 0.4) is 0 Å². The Kier molecular flexibility index (Phi) is 7.06. The first-order chi connectivity index (χ1) is 31.1. The molecule has 2 nitrogen and oxygen atoms in total. The second-order valence-corrected chi connectivity index (χ2v) is 21.0. The van der Waals surface area contributed by atoms with Gasteiger partial charge in [-0.15, -0.1) is 22.7 Å². The maximum Gasteiger partial charge on any atom is 0.144 e. The zero-order chi connectivity index (χ0) is 43.0. The van der Waals surface area contributed by atoms with Crippen LogP contribution in [0, 0.1) is 0 Å². The van der Waals surface area contributed by atoms with Crippen molar-refractivity contribution in [1.82, 2.24) is 0 Å². The predicted molar refractivity (Wildman–Crippen MR) is 275 cm³/mol. The van der Waals surface area contributed by atoms with Crippen molar-refractivity contribution < 1.29 is 8.83 Å². The zero-order valence-electron chi connectivity index (χ0n) is 35.9. The first kappa shape index (κ1) is 36.5. The molecule has 0 fully saturated rings. The molecule has 8 aromatic carbocycles. The molecule has 0 amide bonds. The molecule has 64 heavy (non-hydrogen) atoms. The fraction of sp³-hybridized carbons (Fsp3) is 0.100. The van der Waals surface area contributed by atoms with Crippen molar-refractivity contribution in [3.8, 4) is 44.5 Å². The van der Waals surface area contributed by atoms with Gasteiger partial charge < -0.3 is 8.83 Å². The van der Waals surface area contributed by atoms with Crippen LogP contribution in [0.25, 0.3) is 131 Å². The van der Waals surface area contributed by atoms with Crippen molar-refractivity contribution in [1.29, 1.82) is 0 Å². The van der Waals surface area contributed by atoms with Gasteiger partial charge in [0.05, 0.1) is 0 Å². The molecule has 0 N–H and O–H groups in total. The Morgan fingerprint density at radius 2 is 0.906 bits per heavy atom. The highest BCUT2D eigenvalue weighted by Crippen LogP contribution is 2.61. The van der Waals surface area contributed by atoms with E-state index >= 15 is 0 Å². The zero-order valence-corrected chi connectivity index (χ0v) is 37.5. The average molecular weight is 857 g/mol. The minimum atomic E-state index is -0.319. The van der Waals surface area contributed by atoms with Crippen LogP contribution in [0.15, 0.2) is 155 Å². The molecule has 2 aliphatic rings. The van der Waals surface area contributed by atoms with Gasteiger partial charge in [0.1, 0.15) is 22.3 Å². The van der Waals surface area contributed by atoms with Crippen molar-refractivity contribution in [2.45, 2.75) is 38.5 Å². The molecule has 0 spiro atoms. The Hall–Kier alpha value is -6.98. The largest absolute Gasteiger partial charge is 0.455 e. The summed E-state index contributed by atoms with van der Waals surface area (Å²) in [5, 5.41) is 8.45. The van der Waals surface area contributed by atoms with Gasteiger partial charge in [0.2, 0.25) is 0 Å². The molecule has 0 aliphatic heterocycles. The monoisotopic (exact) mass is 856 g/mol. The summed E-state index contributed by atoms with van der Waals surface area (Å²) in [7, 11) is 0. The van der Waals surface area contributed by atoms with Crippen molar-refractivity contribution in [3.63, 3.8) is 0 Å². The van der Waals surface area contributed by atoms with Crippen LogP contribution >= 0.6 is 22.7 Å². The number of para-hydroxylation sites is 2. The van der Waals surface area contributed by atoms with Gasteiger partial charge in [-0.1, -0.05) is 132 Å². The first-order valence-electron chi connectivity index (χ1n) is 22.0. The summed E-state index contributed by atoms with van der Waals surface area (Å²) >= 11 is 3.64. The molecular weight excluding hydrogens is 817 g/mol. The molecule has 2 aliphatic carbocycles. The quantitative estimate of drug-likeness (QED) is 0.176. The van der Waals surface area contributed by atoms with Gasteiger partial charge in [0.15, 0.2) is 0 Å². The lowest BCUT2D eigenvalue weighted by Gasteiger charge is -2.24. The molecule has 0 bridgehead atoms. The van der Waals surface area contributed by atoms with E-state index in [1.807, 2.05) is 23.5 Å². The van der Waals surface area contributed by atoms with E-state index in [1.165, 1.54) is 102 Å². The van der Waals surface area contributed by atoms with Gasteiger partial charge in [0.25, 0.3) is 0 Å². The molecule has 0 saturated carbocycles. The fourth-order valence-corrected chi connectivity index (χ4v) is 13.9. The van der Waals surface area contributed by atoms with Gasteiger partial charge in [0, 0.05) is 78.6 Å². The van der Waals surface area contributed by atoms with Crippen LogP contribution < -0.4 is 0 Å². The maximum atomic E-state index is 7.06. The number of benzene rings is 8. The summed E-state index contributed by atoms with van der Waals surface area (Å²) < 4.78 is 18.0. The van der Waals surface area contributed by atoms with Crippen LogP contribution in [0.2, 0.25) is 0 Å². The lowest BCUT2D eigenvalue weighted by atomic mass is 9.78. The summed E-state index contributed by atoms with van der Waals surface area (Å²) in [4.78, 5) is 1.15. The fourth-order valence-electron chi connectivity index (χ4n) is 11.7. The van der Waals surface area contributed by atoms with Gasteiger partial charge >= 0.3 is 0 Å². The van der Waals surface area contributed by atoms with E-state index in [1.54, 1.807) is 11.3 Å². The van der Waals surface area contributed by atoms with E-state index in [-0.39, 0.29) is 10.8 Å². The van der Waals surface area contributed by atoms with E-state index in [2.05, 4.69) is 174 Å². The Morgan fingerprint density at radius 3 is 1.45 bits per heavy atom. The van der Waals surface area contributed by atoms with E-state index in [4.69, 9.17) is 8.83 Å². The van der Waals surface area contributed by atoms with Crippen molar-refractivity contribution in [2.75, 3.05) is 0 Å². The standard InChI is InChI=1S/C60H40O2S2/c1-7-33-35-23-21-31(25-51(35)63-49(33)8-2)39-27-45-55(57-53(39)37-16-9-12-18-47(37)61-57)41-29-44-42(30-43(41)59(45,3)4)56-46(60(44,5)6)28-40(54-38-17-10-13-19-48(38)62-58(54)56)32-22-24-36-34-15-11-14-20-50(34)64-52(36)26-32/h7-30H,1-2H2,3-6H3. The van der Waals surface area contributed by atoms with E-state index < -0.39 is 0 Å².